The fourth-order valence-corrected chi connectivity index (χ4v) is 13.1. The predicted molar refractivity (Wildman–Crippen MR) is 288 cm³/mol. The average molecular weight is 901 g/mol. The molecular weight excluding hydrogens is 853 g/mol. The molecule has 6 heteroatoms. The topological polar surface area (TPSA) is 33.4 Å². The Morgan fingerprint density at radius 1 is 0.463 bits per heavy atom. The zero-order valence-electron chi connectivity index (χ0n) is 38.4. The molecule has 0 spiro atoms. The maximum absolute atomic E-state index is 4.77. The molecule has 0 aliphatic rings. The van der Waals surface area contributed by atoms with Crippen LogP contribution in [-0.4, -0.2) is 14.4 Å². The zero-order chi connectivity index (χ0) is 45.3. The first-order valence-corrected chi connectivity index (χ1v) is 24.9. The van der Waals surface area contributed by atoms with Crippen LogP contribution in [0, 0.1) is 0 Å². The van der Waals surface area contributed by atoms with E-state index in [0.717, 1.165) is 38.9 Å². The lowest BCUT2D eigenvalue weighted by molar-refractivity contribution is 0.590. The largest absolute Gasteiger partial charge is 0.310 e. The minimum absolute atomic E-state index is 0.0518. The van der Waals surface area contributed by atoms with E-state index in [1.807, 2.05) is 47.2 Å². The van der Waals surface area contributed by atoms with Gasteiger partial charge in [-0.1, -0.05) is 139 Å². The summed E-state index contributed by atoms with van der Waals surface area (Å²) in [5, 5.41) is 8.88. The molecule has 7 aromatic carbocycles. The Balaban J connectivity index is 0.978. The van der Waals surface area contributed by atoms with Crippen LogP contribution in [0.3, 0.4) is 0 Å². The molecule has 13 aromatic rings. The van der Waals surface area contributed by atoms with E-state index in [9.17, 15) is 0 Å². The molecule has 13 rings (SSSR count). The molecule has 0 saturated carbocycles. The number of pyridine rings is 2. The molecule has 1 unspecified atom stereocenters. The van der Waals surface area contributed by atoms with Crippen molar-refractivity contribution in [2.45, 2.75) is 58.3 Å². The van der Waals surface area contributed by atoms with Crippen molar-refractivity contribution in [3.8, 4) is 0 Å². The summed E-state index contributed by atoms with van der Waals surface area (Å²) in [6.07, 6.45) is 3.77. The molecule has 0 bridgehead atoms. The summed E-state index contributed by atoms with van der Waals surface area (Å²) in [4.78, 5) is 13.2. The lowest BCUT2D eigenvalue weighted by atomic mass is 9.81. The highest BCUT2D eigenvalue weighted by molar-refractivity contribution is 7.27. The van der Waals surface area contributed by atoms with Crippen LogP contribution in [0.2, 0.25) is 0 Å². The van der Waals surface area contributed by atoms with Crippen molar-refractivity contribution in [1.29, 1.82) is 0 Å². The van der Waals surface area contributed by atoms with Gasteiger partial charge in [-0.15, -0.1) is 22.7 Å². The molecule has 0 aliphatic carbocycles. The normalized spacial score (nSPS) is 13.2. The van der Waals surface area contributed by atoms with Crippen LogP contribution in [0.25, 0.3) is 78.7 Å². The van der Waals surface area contributed by atoms with Crippen LogP contribution in [0.5, 0.6) is 0 Å². The van der Waals surface area contributed by atoms with Gasteiger partial charge in [0, 0.05) is 82.5 Å². The van der Waals surface area contributed by atoms with Crippen molar-refractivity contribution >= 4 is 118 Å². The van der Waals surface area contributed by atoms with Gasteiger partial charge in [-0.05, 0) is 105 Å². The molecule has 4 nitrogen and oxygen atoms in total. The van der Waals surface area contributed by atoms with Gasteiger partial charge in [0.05, 0.1) is 26.8 Å². The van der Waals surface area contributed by atoms with Crippen molar-refractivity contribution in [2.75, 3.05) is 4.90 Å². The Bertz CT molecular complexity index is 4060. The molecule has 0 fully saturated rings. The minimum Gasteiger partial charge on any atom is -0.310 e. The Kier molecular flexibility index (Phi) is 8.81. The molecule has 6 heterocycles. The minimum atomic E-state index is 0.0518. The Hall–Kier alpha value is -7.12. The van der Waals surface area contributed by atoms with Crippen LogP contribution in [-0.2, 0) is 10.8 Å². The molecule has 0 saturated heterocycles. The number of anilines is 3. The Morgan fingerprint density at radius 3 is 1.76 bits per heavy atom. The number of aromatic nitrogens is 3. The first-order chi connectivity index (χ1) is 32.5. The van der Waals surface area contributed by atoms with Crippen molar-refractivity contribution < 1.29 is 0 Å². The van der Waals surface area contributed by atoms with Crippen LogP contribution in [0.15, 0.2) is 176 Å². The molecule has 67 heavy (non-hydrogen) atoms. The number of rotatable bonds is 6. The summed E-state index contributed by atoms with van der Waals surface area (Å²) in [7, 11) is 0. The van der Waals surface area contributed by atoms with Gasteiger partial charge in [-0.25, -0.2) is 0 Å². The maximum atomic E-state index is 4.77. The number of hydrogen-bond acceptors (Lipinski definition) is 5. The Labute approximate surface area is 397 Å². The molecular formula is C61H48N4S2. The number of nitrogens with zero attached hydrogens (tertiary/aromatic N) is 4. The van der Waals surface area contributed by atoms with Gasteiger partial charge in [-0.2, -0.15) is 0 Å². The van der Waals surface area contributed by atoms with E-state index in [-0.39, 0.29) is 16.7 Å². The molecule has 0 amide bonds. The first kappa shape index (κ1) is 40.2. The number of para-hydroxylation sites is 1. The Morgan fingerprint density at radius 2 is 1.03 bits per heavy atom. The maximum Gasteiger partial charge on any atom is 0.109 e. The van der Waals surface area contributed by atoms with Gasteiger partial charge in [-0.3, -0.25) is 14.4 Å². The number of benzene rings is 7. The van der Waals surface area contributed by atoms with Gasteiger partial charge in [0.1, 0.15) is 4.83 Å². The van der Waals surface area contributed by atoms with Gasteiger partial charge in [0.2, 0.25) is 0 Å². The molecule has 0 aliphatic heterocycles. The first-order valence-electron chi connectivity index (χ1n) is 23.2. The van der Waals surface area contributed by atoms with Crippen LogP contribution < -0.4 is 4.90 Å². The second-order valence-corrected chi connectivity index (χ2v) is 22.4. The standard InChI is InChI=1S/C61H48N4S2/c1-60(2,3)41-20-16-38(17-21-41)54(39-15-14-36-10-8-30-62-50(36)32-39)40-19-28-46-52(33-40)67-59-55(46)48-12-7-13-49-56(48)65(59)57-47-29-27-45(35-53(47)66-58(49)57)64(43-25-22-42(23-26-43)61(4,5)6)44-24-18-37-11-9-31-63-51(37)34-44/h7-35,54H,1-6H3. The number of fused-ring (bicyclic) bond motifs is 12. The fourth-order valence-electron chi connectivity index (χ4n) is 10.6. The molecule has 0 N–H and O–H groups in total. The third-order valence-corrected chi connectivity index (χ3v) is 16.4. The summed E-state index contributed by atoms with van der Waals surface area (Å²) >= 11 is 3.84. The van der Waals surface area contributed by atoms with Crippen molar-refractivity contribution in [2.24, 2.45) is 0 Å². The molecule has 0 radical (unpaired) electrons. The number of thiophene rings is 2. The summed E-state index contributed by atoms with van der Waals surface area (Å²) in [6.45, 7) is 13.7. The van der Waals surface area contributed by atoms with Gasteiger partial charge >= 0.3 is 0 Å². The second kappa shape index (κ2) is 14.7. The highest BCUT2D eigenvalue weighted by atomic mass is 32.1. The van der Waals surface area contributed by atoms with Crippen LogP contribution in [0.4, 0.5) is 17.1 Å². The van der Waals surface area contributed by atoms with E-state index < -0.39 is 0 Å². The number of hydrogen-bond donors (Lipinski definition) is 0. The van der Waals surface area contributed by atoms with E-state index in [1.54, 1.807) is 0 Å². The van der Waals surface area contributed by atoms with E-state index >= 15 is 0 Å². The SMILES string of the molecule is CC(C)(C)c1ccc(C(c2ccc3cccnc3c2)c2ccc3c(c2)sc2c3c3cccc4c5sc6cc(N(c7ccc(C(C)(C)C)cc7)c7ccc8cccnc8c7)ccc6c5n2c43)cc1. The highest BCUT2D eigenvalue weighted by Crippen LogP contribution is 2.51. The van der Waals surface area contributed by atoms with Gasteiger partial charge in [0.15, 0.2) is 0 Å². The van der Waals surface area contributed by atoms with E-state index in [0.29, 0.717) is 0 Å². The average Bonchev–Trinajstić information content (AvgIpc) is 4.07. The third kappa shape index (κ3) is 6.37. The zero-order valence-corrected chi connectivity index (χ0v) is 40.1. The summed E-state index contributed by atoms with van der Waals surface area (Å²) < 4.78 is 6.51. The molecule has 1 atom stereocenters. The molecule has 324 valence electrons. The monoisotopic (exact) mass is 900 g/mol. The van der Waals surface area contributed by atoms with E-state index in [4.69, 9.17) is 9.97 Å². The van der Waals surface area contributed by atoms with E-state index in [2.05, 4.69) is 203 Å². The quantitative estimate of drug-likeness (QED) is 0.156. The third-order valence-electron chi connectivity index (χ3n) is 14.0. The van der Waals surface area contributed by atoms with Crippen LogP contribution in [0.1, 0.15) is 75.3 Å². The fraction of sp³-hybridized carbons (Fsp3) is 0.148. The summed E-state index contributed by atoms with van der Waals surface area (Å²) in [5.74, 6) is 0.0518. The van der Waals surface area contributed by atoms with Crippen molar-refractivity contribution in [3.05, 3.63) is 204 Å². The predicted octanol–water partition coefficient (Wildman–Crippen LogP) is 17.6. The molecule has 6 aromatic heterocycles. The lowest BCUT2D eigenvalue weighted by Crippen LogP contribution is -2.13. The van der Waals surface area contributed by atoms with Crippen LogP contribution >= 0.6 is 22.7 Å². The smallest absolute Gasteiger partial charge is 0.109 e. The lowest BCUT2D eigenvalue weighted by Gasteiger charge is -2.27. The van der Waals surface area contributed by atoms with Crippen molar-refractivity contribution in [1.82, 2.24) is 14.4 Å². The highest BCUT2D eigenvalue weighted by Gasteiger charge is 2.26. The van der Waals surface area contributed by atoms with E-state index in [1.165, 1.54) is 84.7 Å². The van der Waals surface area contributed by atoms with Crippen molar-refractivity contribution in [3.63, 3.8) is 0 Å². The van der Waals surface area contributed by atoms with Gasteiger partial charge < -0.3 is 4.90 Å². The summed E-state index contributed by atoms with van der Waals surface area (Å²) in [6, 6.07) is 61.3. The summed E-state index contributed by atoms with van der Waals surface area (Å²) in [5.41, 5.74) is 14.6. The van der Waals surface area contributed by atoms with Gasteiger partial charge in [0.25, 0.3) is 0 Å². The second-order valence-electron chi connectivity index (χ2n) is 20.3.